The van der Waals surface area contributed by atoms with E-state index in [4.69, 9.17) is 12.2 Å². The third-order valence-electron chi connectivity index (χ3n) is 3.25. The predicted molar refractivity (Wildman–Crippen MR) is 90.2 cm³/mol. The second kappa shape index (κ2) is 8.27. The minimum absolute atomic E-state index is 0.00151. The van der Waals surface area contributed by atoms with Gasteiger partial charge in [-0.25, -0.2) is 0 Å². The lowest BCUT2D eigenvalue weighted by molar-refractivity contribution is -0.113. The Morgan fingerprint density at radius 2 is 1.80 bits per heavy atom. The van der Waals surface area contributed by atoms with Crippen molar-refractivity contribution >= 4 is 39.9 Å². The number of rotatable bonds is 3. The highest BCUT2D eigenvalue weighted by Crippen LogP contribution is 2.16. The number of hydrogen-bond donors (Lipinski definition) is 1. The van der Waals surface area contributed by atoms with E-state index in [2.05, 4.69) is 10.2 Å². The number of carbonyl (C=O) groups is 1. The van der Waals surface area contributed by atoms with E-state index in [1.165, 1.54) is 37.4 Å². The largest absolute Gasteiger partial charge is 0.358 e. The first-order chi connectivity index (χ1) is 9.75. The summed E-state index contributed by atoms with van der Waals surface area (Å²) in [6, 6.07) is 9.51. The lowest BCUT2D eigenvalue weighted by Gasteiger charge is -2.22. The number of nitrogens with zero attached hydrogens (tertiary/aromatic N) is 1. The highest BCUT2D eigenvalue weighted by atomic mass is 32.2. The van der Waals surface area contributed by atoms with Gasteiger partial charge in [0.25, 0.3) is 0 Å². The van der Waals surface area contributed by atoms with E-state index in [0.29, 0.717) is 5.75 Å². The molecule has 3 nitrogen and oxygen atoms in total. The molecule has 0 spiro atoms. The first kappa shape index (κ1) is 15.3. The Balaban J connectivity index is 1.73. The quantitative estimate of drug-likeness (QED) is 0.866. The van der Waals surface area contributed by atoms with Gasteiger partial charge in [-0.1, -0.05) is 55.0 Å². The summed E-state index contributed by atoms with van der Waals surface area (Å²) in [6.45, 7) is 2.07. The molecular weight excluding hydrogens is 288 g/mol. The zero-order valence-corrected chi connectivity index (χ0v) is 13.1. The van der Waals surface area contributed by atoms with Crippen LogP contribution in [-0.2, 0) is 4.79 Å². The number of para-hydroxylation sites is 1. The van der Waals surface area contributed by atoms with Crippen LogP contribution in [-0.4, -0.2) is 34.0 Å². The highest BCUT2D eigenvalue weighted by Gasteiger charge is 2.14. The summed E-state index contributed by atoms with van der Waals surface area (Å²) in [4.78, 5) is 14.1. The molecule has 1 aliphatic rings. The molecule has 1 aromatic carbocycles. The molecule has 5 heteroatoms. The number of thioether (sulfide) groups is 1. The van der Waals surface area contributed by atoms with E-state index in [9.17, 15) is 4.79 Å². The van der Waals surface area contributed by atoms with Crippen LogP contribution in [0.3, 0.4) is 0 Å². The van der Waals surface area contributed by atoms with Crippen LogP contribution >= 0.6 is 24.0 Å². The van der Waals surface area contributed by atoms with Gasteiger partial charge in [-0.3, -0.25) is 4.79 Å². The van der Waals surface area contributed by atoms with Gasteiger partial charge in [0.05, 0.1) is 5.75 Å². The van der Waals surface area contributed by atoms with Crippen molar-refractivity contribution < 1.29 is 4.79 Å². The number of anilines is 1. The van der Waals surface area contributed by atoms with Gasteiger partial charge in [0.15, 0.2) is 0 Å². The average molecular weight is 308 g/mol. The van der Waals surface area contributed by atoms with Gasteiger partial charge < -0.3 is 10.2 Å². The van der Waals surface area contributed by atoms with Crippen molar-refractivity contribution in [1.82, 2.24) is 4.90 Å². The van der Waals surface area contributed by atoms with Crippen molar-refractivity contribution in [2.24, 2.45) is 0 Å². The molecule has 0 unspecified atom stereocenters. The molecule has 1 heterocycles. The maximum Gasteiger partial charge on any atom is 0.234 e. The minimum atomic E-state index is -0.00151. The molecule has 1 amide bonds. The summed E-state index contributed by atoms with van der Waals surface area (Å²) in [5, 5.41) is 2.87. The van der Waals surface area contributed by atoms with Gasteiger partial charge in [0.1, 0.15) is 4.32 Å². The van der Waals surface area contributed by atoms with Crippen molar-refractivity contribution in [1.29, 1.82) is 0 Å². The second-order valence-electron chi connectivity index (χ2n) is 4.87. The molecule has 0 saturated carbocycles. The lowest BCUT2D eigenvalue weighted by Crippen LogP contribution is -2.29. The number of likely N-dealkylation sites (tertiary alicyclic amines) is 1. The van der Waals surface area contributed by atoms with E-state index in [0.717, 1.165) is 23.1 Å². The van der Waals surface area contributed by atoms with E-state index in [1.54, 1.807) is 0 Å². The lowest BCUT2D eigenvalue weighted by atomic mass is 10.2. The number of amides is 1. The van der Waals surface area contributed by atoms with E-state index in [-0.39, 0.29) is 5.91 Å². The van der Waals surface area contributed by atoms with Crippen LogP contribution in [0.4, 0.5) is 5.69 Å². The highest BCUT2D eigenvalue weighted by molar-refractivity contribution is 8.23. The fourth-order valence-electron chi connectivity index (χ4n) is 2.19. The second-order valence-corrected chi connectivity index (χ2v) is 6.48. The molecule has 0 atom stereocenters. The summed E-state index contributed by atoms with van der Waals surface area (Å²) < 4.78 is 0.857. The molecule has 2 rings (SSSR count). The number of nitrogens with one attached hydrogen (secondary N) is 1. The minimum Gasteiger partial charge on any atom is -0.358 e. The number of hydrogen-bond acceptors (Lipinski definition) is 3. The SMILES string of the molecule is O=C(CSC(=S)N1CCCCCC1)Nc1ccccc1. The van der Waals surface area contributed by atoms with Gasteiger partial charge >= 0.3 is 0 Å². The van der Waals surface area contributed by atoms with Crippen LogP contribution in [0.15, 0.2) is 30.3 Å². The maximum absolute atomic E-state index is 11.9. The Hall–Kier alpha value is -1.07. The predicted octanol–water partition coefficient (Wildman–Crippen LogP) is 3.52. The van der Waals surface area contributed by atoms with Crippen LogP contribution in [0.1, 0.15) is 25.7 Å². The van der Waals surface area contributed by atoms with Gasteiger partial charge in [0.2, 0.25) is 5.91 Å². The Kier molecular flexibility index (Phi) is 6.33. The van der Waals surface area contributed by atoms with Crippen molar-refractivity contribution in [3.63, 3.8) is 0 Å². The Bertz CT molecular complexity index is 442. The molecule has 1 saturated heterocycles. The Morgan fingerprint density at radius 3 is 2.45 bits per heavy atom. The van der Waals surface area contributed by atoms with Gasteiger partial charge in [-0.2, -0.15) is 0 Å². The van der Waals surface area contributed by atoms with Crippen LogP contribution in [0.25, 0.3) is 0 Å². The normalized spacial score (nSPS) is 15.5. The molecule has 1 N–H and O–H groups in total. The fraction of sp³-hybridized carbons (Fsp3) is 0.467. The first-order valence-corrected chi connectivity index (χ1v) is 8.42. The van der Waals surface area contributed by atoms with Crippen LogP contribution in [0, 0.1) is 0 Å². The summed E-state index contributed by atoms with van der Waals surface area (Å²) in [7, 11) is 0. The number of thiocarbonyl (C=S) groups is 1. The Morgan fingerprint density at radius 1 is 1.15 bits per heavy atom. The van der Waals surface area contributed by atoms with Crippen LogP contribution < -0.4 is 5.32 Å². The molecule has 108 valence electrons. The van der Waals surface area contributed by atoms with Crippen molar-refractivity contribution in [3.05, 3.63) is 30.3 Å². The van der Waals surface area contributed by atoms with Gasteiger partial charge in [-0.05, 0) is 25.0 Å². The summed E-state index contributed by atoms with van der Waals surface area (Å²) in [5.74, 6) is 0.378. The molecule has 1 aliphatic heterocycles. The first-order valence-electron chi connectivity index (χ1n) is 7.02. The van der Waals surface area contributed by atoms with E-state index < -0.39 is 0 Å². The third-order valence-corrected chi connectivity index (χ3v) is 4.77. The molecule has 0 bridgehead atoms. The Labute approximate surface area is 130 Å². The number of carbonyl (C=O) groups excluding carboxylic acids is 1. The van der Waals surface area contributed by atoms with Crippen molar-refractivity contribution in [3.8, 4) is 0 Å². The van der Waals surface area contributed by atoms with Crippen LogP contribution in [0.5, 0.6) is 0 Å². The standard InChI is InChI=1S/C15H20N2OS2/c18-14(16-13-8-4-3-5-9-13)12-20-15(19)17-10-6-1-2-7-11-17/h3-5,8-9H,1-2,6-7,10-12H2,(H,16,18). The summed E-state index contributed by atoms with van der Waals surface area (Å²) in [6.07, 6.45) is 4.99. The van der Waals surface area contributed by atoms with Gasteiger partial charge in [0, 0.05) is 18.8 Å². The zero-order chi connectivity index (χ0) is 14.2. The fourth-order valence-corrected chi connectivity index (χ4v) is 3.24. The smallest absolute Gasteiger partial charge is 0.234 e. The van der Waals surface area contributed by atoms with Crippen molar-refractivity contribution in [2.75, 3.05) is 24.2 Å². The topological polar surface area (TPSA) is 32.3 Å². The molecule has 0 aromatic heterocycles. The molecule has 0 aliphatic carbocycles. The molecular formula is C15H20N2OS2. The van der Waals surface area contributed by atoms with Gasteiger partial charge in [-0.15, -0.1) is 0 Å². The van der Waals surface area contributed by atoms with Crippen molar-refractivity contribution in [2.45, 2.75) is 25.7 Å². The zero-order valence-electron chi connectivity index (χ0n) is 11.5. The summed E-state index contributed by atoms with van der Waals surface area (Å²) >= 11 is 6.89. The molecule has 1 aromatic rings. The van der Waals surface area contributed by atoms with Crippen LogP contribution in [0.2, 0.25) is 0 Å². The van der Waals surface area contributed by atoms with E-state index >= 15 is 0 Å². The number of benzene rings is 1. The third kappa shape index (κ3) is 5.13. The average Bonchev–Trinajstić information content (AvgIpc) is 2.75. The molecule has 20 heavy (non-hydrogen) atoms. The maximum atomic E-state index is 11.9. The van der Waals surface area contributed by atoms with E-state index in [1.807, 2.05) is 30.3 Å². The summed E-state index contributed by atoms with van der Waals surface area (Å²) in [5.41, 5.74) is 0.832. The monoisotopic (exact) mass is 308 g/mol. The molecule has 1 fully saturated rings. The molecule has 0 radical (unpaired) electrons.